The number of para-hydroxylation sites is 1. The van der Waals surface area contributed by atoms with Gasteiger partial charge in [-0.1, -0.05) is 12.1 Å². The highest BCUT2D eigenvalue weighted by molar-refractivity contribution is 7.88. The number of benzene rings is 2. The molecule has 0 saturated heterocycles. The standard InChI is InChI=1S/C22H25NO7S/c1-28-16-8-9-17-18(12-16)15(10-19(17)24)11-21(25)23(31(4,26)27)13-14-6-5-7-20(29-2)22(14)30-3/h5-9,12,15H,10-11,13H2,1-4H3. The van der Waals surface area contributed by atoms with Gasteiger partial charge in [-0.3, -0.25) is 9.59 Å². The molecule has 0 aliphatic heterocycles. The summed E-state index contributed by atoms with van der Waals surface area (Å²) < 4.78 is 41.6. The molecule has 0 aromatic heterocycles. The average molecular weight is 448 g/mol. The van der Waals surface area contributed by atoms with Crippen molar-refractivity contribution in [2.24, 2.45) is 0 Å². The Morgan fingerprint density at radius 1 is 1.10 bits per heavy atom. The molecule has 2 aromatic carbocycles. The molecule has 1 aliphatic carbocycles. The first-order chi connectivity index (χ1) is 14.7. The summed E-state index contributed by atoms with van der Waals surface area (Å²) in [5, 5.41) is 0. The summed E-state index contributed by atoms with van der Waals surface area (Å²) in [4.78, 5) is 25.5. The highest BCUT2D eigenvalue weighted by atomic mass is 32.2. The van der Waals surface area contributed by atoms with Gasteiger partial charge in [0.15, 0.2) is 17.3 Å². The van der Waals surface area contributed by atoms with Crippen molar-refractivity contribution in [3.63, 3.8) is 0 Å². The number of carbonyl (C=O) groups is 2. The number of hydrogen-bond donors (Lipinski definition) is 0. The second-order valence-electron chi connectivity index (χ2n) is 7.30. The van der Waals surface area contributed by atoms with Gasteiger partial charge in [-0.25, -0.2) is 12.7 Å². The van der Waals surface area contributed by atoms with Crippen molar-refractivity contribution in [1.82, 2.24) is 4.31 Å². The molecule has 8 nitrogen and oxygen atoms in total. The molecule has 1 amide bonds. The Bertz CT molecular complexity index is 1110. The molecule has 0 saturated carbocycles. The normalized spacial score (nSPS) is 15.4. The van der Waals surface area contributed by atoms with E-state index in [-0.39, 0.29) is 25.2 Å². The number of rotatable bonds is 8. The Morgan fingerprint density at radius 3 is 2.45 bits per heavy atom. The van der Waals surface area contributed by atoms with Crippen LogP contribution in [-0.2, 0) is 21.4 Å². The van der Waals surface area contributed by atoms with Crippen molar-refractivity contribution in [1.29, 1.82) is 0 Å². The number of fused-ring (bicyclic) bond motifs is 1. The van der Waals surface area contributed by atoms with Crippen LogP contribution >= 0.6 is 0 Å². The molecule has 1 aliphatic rings. The second-order valence-corrected chi connectivity index (χ2v) is 9.20. The Balaban J connectivity index is 1.89. The molecule has 31 heavy (non-hydrogen) atoms. The molecule has 0 heterocycles. The van der Waals surface area contributed by atoms with Crippen LogP contribution in [0.5, 0.6) is 17.2 Å². The molecule has 0 bridgehead atoms. The molecule has 1 unspecified atom stereocenters. The van der Waals surface area contributed by atoms with Gasteiger partial charge in [0.1, 0.15) is 5.75 Å². The van der Waals surface area contributed by atoms with E-state index in [2.05, 4.69) is 0 Å². The zero-order valence-electron chi connectivity index (χ0n) is 17.9. The zero-order chi connectivity index (χ0) is 22.8. The molecule has 0 spiro atoms. The summed E-state index contributed by atoms with van der Waals surface area (Å²) in [6.07, 6.45) is 1.01. The Kier molecular flexibility index (Phi) is 6.54. The number of ketones is 1. The van der Waals surface area contributed by atoms with Crippen molar-refractivity contribution in [3.05, 3.63) is 53.1 Å². The lowest BCUT2D eigenvalue weighted by Gasteiger charge is -2.23. The van der Waals surface area contributed by atoms with Gasteiger partial charge >= 0.3 is 0 Å². The maximum Gasteiger partial charge on any atom is 0.236 e. The number of nitrogens with zero attached hydrogens (tertiary/aromatic N) is 1. The predicted molar refractivity (Wildman–Crippen MR) is 114 cm³/mol. The predicted octanol–water partition coefficient (Wildman–Crippen LogP) is 2.76. The number of hydrogen-bond acceptors (Lipinski definition) is 7. The molecule has 0 N–H and O–H groups in total. The summed E-state index contributed by atoms with van der Waals surface area (Å²) >= 11 is 0. The lowest BCUT2D eigenvalue weighted by Crippen LogP contribution is -2.36. The topological polar surface area (TPSA) is 99.2 Å². The summed E-state index contributed by atoms with van der Waals surface area (Å²) in [6.45, 7) is -0.205. The minimum atomic E-state index is -3.87. The number of carbonyl (C=O) groups excluding carboxylic acids is 2. The van der Waals surface area contributed by atoms with Gasteiger partial charge in [0.05, 0.1) is 34.1 Å². The largest absolute Gasteiger partial charge is 0.497 e. The van der Waals surface area contributed by atoms with Crippen molar-refractivity contribution in [2.75, 3.05) is 27.6 Å². The van der Waals surface area contributed by atoms with Crippen molar-refractivity contribution >= 4 is 21.7 Å². The van der Waals surface area contributed by atoms with Gasteiger partial charge in [0.2, 0.25) is 15.9 Å². The van der Waals surface area contributed by atoms with Crippen LogP contribution < -0.4 is 14.2 Å². The van der Waals surface area contributed by atoms with Crippen LogP contribution in [0.2, 0.25) is 0 Å². The van der Waals surface area contributed by atoms with E-state index in [1.807, 2.05) is 0 Å². The van der Waals surface area contributed by atoms with Crippen LogP contribution in [0.25, 0.3) is 0 Å². The van der Waals surface area contributed by atoms with Gasteiger partial charge in [-0.2, -0.15) is 0 Å². The molecule has 3 rings (SSSR count). The number of ether oxygens (including phenoxy) is 3. The van der Waals surface area contributed by atoms with Crippen molar-refractivity contribution in [3.8, 4) is 17.2 Å². The molecule has 9 heteroatoms. The maximum atomic E-state index is 13.1. The van der Waals surface area contributed by atoms with E-state index >= 15 is 0 Å². The maximum absolute atomic E-state index is 13.1. The summed E-state index contributed by atoms with van der Waals surface area (Å²) in [7, 11) is 0.568. The highest BCUT2D eigenvalue weighted by Gasteiger charge is 2.34. The third kappa shape index (κ3) is 4.66. The minimum Gasteiger partial charge on any atom is -0.497 e. The molecular weight excluding hydrogens is 422 g/mol. The van der Waals surface area contributed by atoms with E-state index in [0.717, 1.165) is 10.6 Å². The van der Waals surface area contributed by atoms with Gasteiger partial charge in [0.25, 0.3) is 0 Å². The lowest BCUT2D eigenvalue weighted by atomic mass is 9.97. The molecule has 2 aromatic rings. The van der Waals surface area contributed by atoms with E-state index in [9.17, 15) is 18.0 Å². The number of sulfonamides is 1. The van der Waals surface area contributed by atoms with E-state index in [4.69, 9.17) is 14.2 Å². The van der Waals surface area contributed by atoms with Crippen molar-refractivity contribution in [2.45, 2.75) is 25.3 Å². The van der Waals surface area contributed by atoms with Gasteiger partial charge in [0, 0.05) is 29.9 Å². The summed E-state index contributed by atoms with van der Waals surface area (Å²) in [5.74, 6) is 0.283. The van der Waals surface area contributed by atoms with Crippen LogP contribution in [-0.4, -0.2) is 52.0 Å². The van der Waals surface area contributed by atoms with Gasteiger partial charge < -0.3 is 14.2 Å². The fourth-order valence-electron chi connectivity index (χ4n) is 3.82. The van der Waals surface area contributed by atoms with Gasteiger partial charge in [-0.15, -0.1) is 0 Å². The van der Waals surface area contributed by atoms with Crippen LogP contribution in [0.15, 0.2) is 36.4 Å². The SMILES string of the molecule is COc1ccc2c(c1)C(CC(=O)N(Cc1cccc(OC)c1OC)S(C)(=O)=O)CC2=O. The quantitative estimate of drug-likeness (QED) is 0.613. The first-order valence-electron chi connectivity index (χ1n) is 9.61. The first-order valence-corrected chi connectivity index (χ1v) is 11.5. The van der Waals surface area contributed by atoms with E-state index in [0.29, 0.717) is 33.9 Å². The zero-order valence-corrected chi connectivity index (χ0v) is 18.7. The Morgan fingerprint density at radius 2 is 1.84 bits per heavy atom. The number of methoxy groups -OCH3 is 3. The fourth-order valence-corrected chi connectivity index (χ4v) is 4.64. The van der Waals surface area contributed by atoms with E-state index in [1.54, 1.807) is 36.4 Å². The fraction of sp³-hybridized carbons (Fsp3) is 0.364. The Labute approximate surface area is 181 Å². The second kappa shape index (κ2) is 8.97. The van der Waals surface area contributed by atoms with E-state index < -0.39 is 21.8 Å². The Hall–Kier alpha value is -3.07. The van der Waals surface area contributed by atoms with Crippen LogP contribution in [0, 0.1) is 0 Å². The third-order valence-electron chi connectivity index (χ3n) is 5.33. The van der Waals surface area contributed by atoms with Crippen LogP contribution in [0.4, 0.5) is 0 Å². The average Bonchev–Trinajstić information content (AvgIpc) is 3.05. The molecule has 1 atom stereocenters. The number of amides is 1. The smallest absolute Gasteiger partial charge is 0.236 e. The van der Waals surface area contributed by atoms with Crippen LogP contribution in [0.3, 0.4) is 0 Å². The molecule has 166 valence electrons. The highest BCUT2D eigenvalue weighted by Crippen LogP contribution is 2.38. The lowest BCUT2D eigenvalue weighted by molar-refractivity contribution is -0.127. The van der Waals surface area contributed by atoms with Crippen molar-refractivity contribution < 1.29 is 32.2 Å². The first kappa shape index (κ1) is 22.6. The number of Topliss-reactive ketones (excluding diaryl/α,β-unsaturated/α-hetero) is 1. The van der Waals surface area contributed by atoms with E-state index in [1.165, 1.54) is 21.3 Å². The van der Waals surface area contributed by atoms with Gasteiger partial charge in [-0.05, 0) is 29.8 Å². The molecule has 0 radical (unpaired) electrons. The summed E-state index contributed by atoms with van der Waals surface area (Å²) in [6, 6.07) is 10.2. The van der Waals surface area contributed by atoms with Crippen LogP contribution in [0.1, 0.15) is 40.2 Å². The molecule has 0 fully saturated rings. The summed E-state index contributed by atoms with van der Waals surface area (Å²) in [5.41, 5.74) is 1.73. The monoisotopic (exact) mass is 447 g/mol. The minimum absolute atomic E-state index is 0.0733. The third-order valence-corrected chi connectivity index (χ3v) is 6.46. The molecular formula is C22H25NO7S.